The van der Waals surface area contributed by atoms with Crippen molar-refractivity contribution in [2.75, 3.05) is 5.73 Å². The number of fused-ring (bicyclic) bond motifs is 1. The van der Waals surface area contributed by atoms with Crippen LogP contribution in [0.1, 0.15) is 0 Å². The topological polar surface area (TPSA) is 49.1 Å². The first kappa shape index (κ1) is 13.3. The molecule has 1 atom stereocenters. The van der Waals surface area contributed by atoms with Gasteiger partial charge in [0.25, 0.3) is 0 Å². The van der Waals surface area contributed by atoms with E-state index in [0.29, 0.717) is 15.6 Å². The molecule has 0 saturated carbocycles. The van der Waals surface area contributed by atoms with Crippen LogP contribution >= 0.6 is 11.6 Å². The highest BCUT2D eigenvalue weighted by molar-refractivity contribution is 7.91. The number of hydrogen-bond donors (Lipinski definition) is 1. The Kier molecular flexibility index (Phi) is 3.57. The van der Waals surface area contributed by atoms with Gasteiger partial charge in [-0.25, -0.2) is 0 Å². The molecule has 0 spiro atoms. The van der Waals surface area contributed by atoms with Gasteiger partial charge in [-0.05, 0) is 41.1 Å². The molecule has 0 aliphatic carbocycles. The minimum Gasteiger partial charge on any atom is -0.606 e. The molecule has 100 valence electrons. The molecule has 2 nitrogen and oxygen atoms in total. The van der Waals surface area contributed by atoms with Gasteiger partial charge in [0.05, 0.1) is 5.02 Å². The van der Waals surface area contributed by atoms with Gasteiger partial charge >= 0.3 is 0 Å². The van der Waals surface area contributed by atoms with E-state index < -0.39 is 11.2 Å². The Morgan fingerprint density at radius 3 is 2.40 bits per heavy atom. The van der Waals surface area contributed by atoms with Crippen molar-refractivity contribution in [1.29, 1.82) is 0 Å². The summed E-state index contributed by atoms with van der Waals surface area (Å²) in [4.78, 5) is 1.31. The van der Waals surface area contributed by atoms with E-state index in [0.717, 1.165) is 15.7 Å². The van der Waals surface area contributed by atoms with Gasteiger partial charge in [0.15, 0.2) is 9.79 Å². The zero-order chi connectivity index (χ0) is 14.1. The van der Waals surface area contributed by atoms with Gasteiger partial charge in [-0.1, -0.05) is 35.9 Å². The summed E-state index contributed by atoms with van der Waals surface area (Å²) < 4.78 is 12.6. The van der Waals surface area contributed by atoms with E-state index in [1.54, 1.807) is 18.2 Å². The first-order valence-corrected chi connectivity index (χ1v) is 7.63. The predicted molar refractivity (Wildman–Crippen MR) is 84.5 cm³/mol. The van der Waals surface area contributed by atoms with Gasteiger partial charge in [0.2, 0.25) is 0 Å². The van der Waals surface area contributed by atoms with Crippen molar-refractivity contribution in [3.05, 3.63) is 65.7 Å². The molecule has 3 aromatic rings. The van der Waals surface area contributed by atoms with Gasteiger partial charge in [-0.3, -0.25) is 0 Å². The van der Waals surface area contributed by atoms with E-state index in [2.05, 4.69) is 0 Å². The van der Waals surface area contributed by atoms with Gasteiger partial charge in [-0.2, -0.15) is 0 Å². The molecule has 1 unspecified atom stereocenters. The third kappa shape index (κ3) is 2.48. The lowest BCUT2D eigenvalue weighted by Crippen LogP contribution is -2.03. The van der Waals surface area contributed by atoms with Crippen LogP contribution in [0.5, 0.6) is 0 Å². The number of rotatable bonds is 2. The second-order valence-corrected chi connectivity index (χ2v) is 6.32. The standard InChI is InChI=1S/C16H12ClNOS/c17-15-10-13(18)6-8-16(15)20(19)14-7-5-11-3-1-2-4-12(11)9-14/h1-10H,18H2. The van der Waals surface area contributed by atoms with Crippen molar-refractivity contribution < 1.29 is 4.55 Å². The van der Waals surface area contributed by atoms with Crippen LogP contribution in [-0.4, -0.2) is 4.55 Å². The second-order valence-electron chi connectivity index (χ2n) is 4.47. The first-order valence-electron chi connectivity index (χ1n) is 6.11. The van der Waals surface area contributed by atoms with E-state index in [1.807, 2.05) is 42.5 Å². The maximum atomic E-state index is 12.6. The molecule has 2 N–H and O–H groups in total. The van der Waals surface area contributed by atoms with Crippen molar-refractivity contribution in [2.24, 2.45) is 0 Å². The van der Waals surface area contributed by atoms with Crippen molar-refractivity contribution in [3.63, 3.8) is 0 Å². The lowest BCUT2D eigenvalue weighted by Gasteiger charge is -2.12. The fraction of sp³-hybridized carbons (Fsp3) is 0. The number of halogens is 1. The Labute approximate surface area is 125 Å². The van der Waals surface area contributed by atoms with Crippen LogP contribution in [0.3, 0.4) is 0 Å². The van der Waals surface area contributed by atoms with Crippen LogP contribution in [0.25, 0.3) is 10.8 Å². The zero-order valence-electron chi connectivity index (χ0n) is 10.5. The average molecular weight is 302 g/mol. The van der Waals surface area contributed by atoms with Crippen molar-refractivity contribution in [1.82, 2.24) is 0 Å². The summed E-state index contributed by atoms with van der Waals surface area (Å²) in [5.74, 6) is 0. The van der Waals surface area contributed by atoms with Crippen LogP contribution in [0.4, 0.5) is 5.69 Å². The SMILES string of the molecule is Nc1ccc([S+]([O-])c2ccc3ccccc3c2)c(Cl)c1. The summed E-state index contributed by atoms with van der Waals surface area (Å²) in [5, 5.41) is 2.61. The van der Waals surface area contributed by atoms with Gasteiger partial charge in [-0.15, -0.1) is 0 Å². The van der Waals surface area contributed by atoms with Crippen LogP contribution in [0, 0.1) is 0 Å². The summed E-state index contributed by atoms with van der Waals surface area (Å²) in [5.41, 5.74) is 6.22. The van der Waals surface area contributed by atoms with E-state index in [1.165, 1.54) is 0 Å². The average Bonchev–Trinajstić information content (AvgIpc) is 2.46. The third-order valence-electron chi connectivity index (χ3n) is 3.09. The molecule has 3 aromatic carbocycles. The number of nitrogens with two attached hydrogens (primary N) is 1. The highest BCUT2D eigenvalue weighted by Gasteiger charge is 2.18. The van der Waals surface area contributed by atoms with Gasteiger partial charge in [0, 0.05) is 22.9 Å². The molecule has 3 rings (SSSR count). The molecule has 0 saturated heterocycles. The lowest BCUT2D eigenvalue weighted by molar-refractivity contribution is 0.595. The Balaban J connectivity index is 2.05. The smallest absolute Gasteiger partial charge is 0.177 e. The molecule has 0 fully saturated rings. The molecule has 0 aliphatic rings. The minimum atomic E-state index is -1.31. The maximum absolute atomic E-state index is 12.6. The maximum Gasteiger partial charge on any atom is 0.177 e. The monoisotopic (exact) mass is 301 g/mol. The van der Waals surface area contributed by atoms with Gasteiger partial charge < -0.3 is 10.3 Å². The van der Waals surface area contributed by atoms with Crippen LogP contribution in [0.2, 0.25) is 5.02 Å². The van der Waals surface area contributed by atoms with E-state index >= 15 is 0 Å². The fourth-order valence-electron chi connectivity index (χ4n) is 2.08. The molecule has 0 heterocycles. The number of nitrogen functional groups attached to an aromatic ring is 1. The van der Waals surface area contributed by atoms with Crippen molar-refractivity contribution in [2.45, 2.75) is 9.79 Å². The molecule has 0 bridgehead atoms. The van der Waals surface area contributed by atoms with Crippen molar-refractivity contribution in [3.8, 4) is 0 Å². The van der Waals surface area contributed by atoms with Gasteiger partial charge in [0.1, 0.15) is 0 Å². The minimum absolute atomic E-state index is 0.427. The highest BCUT2D eigenvalue weighted by atomic mass is 35.5. The summed E-state index contributed by atoms with van der Waals surface area (Å²) in [6.45, 7) is 0. The Morgan fingerprint density at radius 1 is 0.900 bits per heavy atom. The lowest BCUT2D eigenvalue weighted by atomic mass is 10.1. The Morgan fingerprint density at radius 2 is 1.65 bits per heavy atom. The Bertz CT molecular complexity index is 775. The quantitative estimate of drug-likeness (QED) is 0.568. The molecule has 0 aromatic heterocycles. The molecule has 0 radical (unpaired) electrons. The zero-order valence-corrected chi connectivity index (χ0v) is 12.1. The molecule has 0 aliphatic heterocycles. The molecule has 0 amide bonds. The van der Waals surface area contributed by atoms with Crippen LogP contribution in [0.15, 0.2) is 70.5 Å². The summed E-state index contributed by atoms with van der Waals surface area (Å²) in [7, 11) is 0. The third-order valence-corrected chi connectivity index (χ3v) is 4.95. The molecular formula is C16H12ClNOS. The Hall–Kier alpha value is -1.68. The summed E-state index contributed by atoms with van der Waals surface area (Å²) in [6.07, 6.45) is 0. The molecule has 20 heavy (non-hydrogen) atoms. The predicted octanol–water partition coefficient (Wildman–Crippen LogP) is 4.24. The molecular weight excluding hydrogens is 290 g/mol. The summed E-state index contributed by atoms with van der Waals surface area (Å²) in [6, 6.07) is 18.8. The fourth-order valence-corrected chi connectivity index (χ4v) is 3.58. The summed E-state index contributed by atoms with van der Waals surface area (Å²) >= 11 is 4.81. The largest absolute Gasteiger partial charge is 0.606 e. The van der Waals surface area contributed by atoms with Crippen LogP contribution < -0.4 is 5.73 Å². The number of benzene rings is 3. The van der Waals surface area contributed by atoms with E-state index in [4.69, 9.17) is 17.3 Å². The number of anilines is 1. The van der Waals surface area contributed by atoms with E-state index in [-0.39, 0.29) is 0 Å². The van der Waals surface area contributed by atoms with Crippen LogP contribution in [-0.2, 0) is 11.2 Å². The normalized spacial score (nSPS) is 12.5. The first-order chi connectivity index (χ1) is 9.65. The second kappa shape index (κ2) is 5.37. The number of hydrogen-bond acceptors (Lipinski definition) is 2. The highest BCUT2D eigenvalue weighted by Crippen LogP contribution is 2.30. The molecule has 4 heteroatoms. The van der Waals surface area contributed by atoms with E-state index in [9.17, 15) is 4.55 Å². The van der Waals surface area contributed by atoms with Crippen molar-refractivity contribution >= 4 is 39.2 Å².